The highest BCUT2D eigenvalue weighted by Gasteiger charge is 2.24. The number of para-hydroxylation sites is 1. The van der Waals surface area contributed by atoms with E-state index in [-0.39, 0.29) is 6.04 Å². The second kappa shape index (κ2) is 6.51. The van der Waals surface area contributed by atoms with Gasteiger partial charge in [0.25, 0.3) is 0 Å². The van der Waals surface area contributed by atoms with Crippen LogP contribution in [0.25, 0.3) is 0 Å². The lowest BCUT2D eigenvalue weighted by molar-refractivity contribution is 0.350. The first-order chi connectivity index (χ1) is 10.2. The molecule has 0 amide bonds. The number of rotatable bonds is 5. The number of halogens is 1. The molecule has 0 fully saturated rings. The first-order valence-electron chi connectivity index (χ1n) is 7.44. The van der Waals surface area contributed by atoms with Gasteiger partial charge in [-0.3, -0.25) is 0 Å². The molecule has 1 atom stereocenters. The fourth-order valence-corrected chi connectivity index (χ4v) is 4.41. The molecule has 21 heavy (non-hydrogen) atoms. The zero-order valence-corrected chi connectivity index (χ0v) is 14.8. The van der Waals surface area contributed by atoms with Crippen molar-refractivity contribution in [3.8, 4) is 5.75 Å². The molecule has 1 aliphatic rings. The summed E-state index contributed by atoms with van der Waals surface area (Å²) in [6.45, 7) is 6.15. The van der Waals surface area contributed by atoms with E-state index >= 15 is 0 Å². The van der Waals surface area contributed by atoms with Crippen LogP contribution < -0.4 is 10.1 Å². The second-order valence-electron chi connectivity index (χ2n) is 5.43. The number of hydrogen-bond donors (Lipinski definition) is 1. The lowest BCUT2D eigenvalue weighted by Crippen LogP contribution is -2.22. The van der Waals surface area contributed by atoms with E-state index in [1.54, 1.807) is 0 Å². The van der Waals surface area contributed by atoms with E-state index in [0.29, 0.717) is 0 Å². The van der Waals surface area contributed by atoms with Crippen molar-refractivity contribution in [2.45, 2.75) is 32.7 Å². The summed E-state index contributed by atoms with van der Waals surface area (Å²) < 4.78 is 7.12. The molecule has 112 valence electrons. The highest BCUT2D eigenvalue weighted by Crippen LogP contribution is 2.40. The van der Waals surface area contributed by atoms with E-state index in [2.05, 4.69) is 59.4 Å². The number of benzene rings is 1. The van der Waals surface area contributed by atoms with Crippen molar-refractivity contribution in [1.29, 1.82) is 0 Å². The van der Waals surface area contributed by atoms with Crippen LogP contribution in [0.2, 0.25) is 0 Å². The summed E-state index contributed by atoms with van der Waals surface area (Å²) in [5, 5.41) is 3.68. The van der Waals surface area contributed by atoms with Gasteiger partial charge in [0, 0.05) is 16.9 Å². The molecule has 4 heteroatoms. The first-order valence-corrected chi connectivity index (χ1v) is 9.05. The van der Waals surface area contributed by atoms with Crippen LogP contribution in [0.4, 0.5) is 0 Å². The van der Waals surface area contributed by atoms with Crippen LogP contribution in [-0.4, -0.2) is 13.2 Å². The fourth-order valence-electron chi connectivity index (χ4n) is 2.75. The molecule has 0 spiro atoms. The second-order valence-corrected chi connectivity index (χ2v) is 7.83. The molecule has 2 nitrogen and oxygen atoms in total. The Balaban J connectivity index is 2.01. The van der Waals surface area contributed by atoms with Gasteiger partial charge in [0.2, 0.25) is 0 Å². The van der Waals surface area contributed by atoms with Gasteiger partial charge in [-0.25, -0.2) is 0 Å². The summed E-state index contributed by atoms with van der Waals surface area (Å²) in [6, 6.07) is 9.02. The number of ether oxygens (including phenoxy) is 1. The van der Waals surface area contributed by atoms with Gasteiger partial charge < -0.3 is 10.1 Å². The number of hydrogen-bond acceptors (Lipinski definition) is 3. The average molecular weight is 366 g/mol. The van der Waals surface area contributed by atoms with Crippen LogP contribution in [0.5, 0.6) is 5.75 Å². The summed E-state index contributed by atoms with van der Waals surface area (Å²) in [4.78, 5) is 1.34. The highest BCUT2D eigenvalue weighted by atomic mass is 79.9. The molecule has 0 radical (unpaired) electrons. The Morgan fingerprint density at radius 3 is 3.00 bits per heavy atom. The third-order valence-corrected chi connectivity index (χ3v) is 6.02. The maximum Gasteiger partial charge on any atom is 0.127 e. The van der Waals surface area contributed by atoms with E-state index in [1.165, 1.54) is 25.4 Å². The van der Waals surface area contributed by atoms with Gasteiger partial charge in [0.1, 0.15) is 5.75 Å². The fraction of sp³-hybridized carbons (Fsp3) is 0.412. The molecule has 0 bridgehead atoms. The Hall–Kier alpha value is -0.840. The SMILES string of the molecule is CCCNC(c1cc(C)c(Br)s1)c1cccc2c1OCC2. The minimum atomic E-state index is 0.216. The predicted octanol–water partition coefficient (Wildman–Crippen LogP) is 4.84. The number of fused-ring (bicyclic) bond motifs is 1. The molecule has 0 aliphatic carbocycles. The monoisotopic (exact) mass is 365 g/mol. The molecular weight excluding hydrogens is 346 g/mol. The Morgan fingerprint density at radius 1 is 1.43 bits per heavy atom. The molecule has 1 aromatic carbocycles. The molecule has 3 rings (SSSR count). The normalized spacial score (nSPS) is 14.8. The van der Waals surface area contributed by atoms with Crippen LogP contribution in [0.3, 0.4) is 0 Å². The predicted molar refractivity (Wildman–Crippen MR) is 92.5 cm³/mol. The molecule has 1 N–H and O–H groups in total. The number of thiophene rings is 1. The van der Waals surface area contributed by atoms with Crippen molar-refractivity contribution >= 4 is 27.3 Å². The van der Waals surface area contributed by atoms with Crippen LogP contribution in [0, 0.1) is 6.92 Å². The topological polar surface area (TPSA) is 21.3 Å². The molecule has 2 aromatic rings. The largest absolute Gasteiger partial charge is 0.493 e. The van der Waals surface area contributed by atoms with Gasteiger partial charge in [-0.1, -0.05) is 25.1 Å². The van der Waals surface area contributed by atoms with Crippen LogP contribution in [0.15, 0.2) is 28.1 Å². The maximum atomic E-state index is 5.90. The van der Waals surface area contributed by atoms with E-state index < -0.39 is 0 Å². The lowest BCUT2D eigenvalue weighted by Gasteiger charge is -2.20. The quantitative estimate of drug-likeness (QED) is 0.817. The summed E-state index contributed by atoms with van der Waals surface area (Å²) >= 11 is 5.46. The highest BCUT2D eigenvalue weighted by molar-refractivity contribution is 9.11. The van der Waals surface area contributed by atoms with E-state index in [9.17, 15) is 0 Å². The van der Waals surface area contributed by atoms with E-state index in [0.717, 1.165) is 31.7 Å². The van der Waals surface area contributed by atoms with Gasteiger partial charge in [-0.2, -0.15) is 0 Å². The van der Waals surface area contributed by atoms with Crippen molar-refractivity contribution in [3.63, 3.8) is 0 Å². The third kappa shape index (κ3) is 3.03. The third-order valence-electron chi connectivity index (χ3n) is 3.82. The van der Waals surface area contributed by atoms with E-state index in [4.69, 9.17) is 4.74 Å². The summed E-state index contributed by atoms with van der Waals surface area (Å²) in [7, 11) is 0. The van der Waals surface area contributed by atoms with Gasteiger partial charge in [-0.15, -0.1) is 11.3 Å². The zero-order valence-electron chi connectivity index (χ0n) is 12.4. The van der Waals surface area contributed by atoms with Crippen molar-refractivity contribution in [2.75, 3.05) is 13.2 Å². The zero-order chi connectivity index (χ0) is 14.8. The molecule has 0 saturated carbocycles. The standard InChI is InChI=1S/C17H20BrNOS/c1-3-8-19-15(14-10-11(2)17(18)21-14)13-6-4-5-12-7-9-20-16(12)13/h4-6,10,15,19H,3,7-9H2,1-2H3. The average Bonchev–Trinajstić information content (AvgIpc) is 3.07. The summed E-state index contributed by atoms with van der Waals surface area (Å²) in [5.41, 5.74) is 3.90. The molecule has 1 aliphatic heterocycles. The van der Waals surface area contributed by atoms with Crippen LogP contribution in [-0.2, 0) is 6.42 Å². The van der Waals surface area contributed by atoms with Crippen molar-refractivity contribution in [1.82, 2.24) is 5.32 Å². The molecule has 1 aromatic heterocycles. The molecular formula is C17H20BrNOS. The maximum absolute atomic E-state index is 5.90. The smallest absolute Gasteiger partial charge is 0.127 e. The van der Waals surface area contributed by atoms with Gasteiger partial charge in [0.05, 0.1) is 16.4 Å². The molecule has 0 saturated heterocycles. The number of aryl methyl sites for hydroxylation is 1. The van der Waals surface area contributed by atoms with Crippen LogP contribution in [0.1, 0.15) is 41.0 Å². The van der Waals surface area contributed by atoms with Gasteiger partial charge >= 0.3 is 0 Å². The van der Waals surface area contributed by atoms with Crippen molar-refractivity contribution < 1.29 is 4.74 Å². The molecule has 1 unspecified atom stereocenters. The van der Waals surface area contributed by atoms with Gasteiger partial charge in [-0.05, 0) is 53.0 Å². The summed E-state index contributed by atoms with van der Waals surface area (Å²) in [5.74, 6) is 1.09. The minimum absolute atomic E-state index is 0.216. The number of nitrogens with one attached hydrogen (secondary N) is 1. The van der Waals surface area contributed by atoms with Crippen LogP contribution >= 0.6 is 27.3 Å². The lowest BCUT2D eigenvalue weighted by atomic mass is 10.00. The Morgan fingerprint density at radius 2 is 2.29 bits per heavy atom. The first kappa shape index (κ1) is 15.1. The van der Waals surface area contributed by atoms with Crippen molar-refractivity contribution in [2.24, 2.45) is 0 Å². The summed E-state index contributed by atoms with van der Waals surface area (Å²) in [6.07, 6.45) is 2.15. The Labute approximate surface area is 138 Å². The van der Waals surface area contributed by atoms with Gasteiger partial charge in [0.15, 0.2) is 0 Å². The molecule has 2 heterocycles. The Bertz CT molecular complexity index is 618. The minimum Gasteiger partial charge on any atom is -0.493 e. The van der Waals surface area contributed by atoms with E-state index in [1.807, 2.05) is 11.3 Å². The van der Waals surface area contributed by atoms with Crippen molar-refractivity contribution in [3.05, 3.63) is 49.6 Å². The Kier molecular flexibility index (Phi) is 4.67.